The van der Waals surface area contributed by atoms with Crippen molar-refractivity contribution in [2.75, 3.05) is 32.8 Å². The van der Waals surface area contributed by atoms with Gasteiger partial charge in [-0.25, -0.2) is 18.2 Å². The summed E-state index contributed by atoms with van der Waals surface area (Å²) in [4.78, 5) is 31.8. The van der Waals surface area contributed by atoms with Crippen molar-refractivity contribution in [1.82, 2.24) is 23.7 Å². The molecule has 2 aliphatic rings. The fourth-order valence-electron chi connectivity index (χ4n) is 3.47. The van der Waals surface area contributed by atoms with Crippen molar-refractivity contribution in [1.29, 1.82) is 0 Å². The lowest BCUT2D eigenvalue weighted by Gasteiger charge is -2.32. The smallest absolute Gasteiger partial charge is 0.475 e. The molecule has 2 aromatic heterocycles. The van der Waals surface area contributed by atoms with Crippen molar-refractivity contribution in [2.24, 2.45) is 0 Å². The fourth-order valence-corrected chi connectivity index (χ4v) is 5.01. The summed E-state index contributed by atoms with van der Waals surface area (Å²) >= 11 is 0. The number of aliphatic carboxylic acids is 1. The number of carboxylic acid groups (broad SMARTS) is 1. The summed E-state index contributed by atoms with van der Waals surface area (Å²) in [5, 5.41) is 7.12. The molecular weight excluding hydrogens is 483 g/mol. The van der Waals surface area contributed by atoms with Gasteiger partial charge >= 0.3 is 12.1 Å². The molecule has 4 heterocycles. The Morgan fingerprint density at radius 3 is 2.38 bits per heavy atom. The number of morpholine rings is 1. The molecule has 4 rings (SSSR count). The Morgan fingerprint density at radius 2 is 1.82 bits per heavy atom. The molecule has 0 aliphatic carbocycles. The van der Waals surface area contributed by atoms with Crippen LogP contribution in [0.4, 0.5) is 13.2 Å². The first-order chi connectivity index (χ1) is 15.9. The van der Waals surface area contributed by atoms with Crippen LogP contribution in [0.3, 0.4) is 0 Å². The first-order valence-corrected chi connectivity index (χ1v) is 11.5. The summed E-state index contributed by atoms with van der Waals surface area (Å²) in [5.74, 6) is -2.33. The van der Waals surface area contributed by atoms with Crippen LogP contribution in [0.25, 0.3) is 0 Å². The van der Waals surface area contributed by atoms with E-state index in [-0.39, 0.29) is 10.8 Å². The van der Waals surface area contributed by atoms with Crippen molar-refractivity contribution < 1.29 is 41.0 Å². The Morgan fingerprint density at radius 1 is 1.18 bits per heavy atom. The minimum Gasteiger partial charge on any atom is -0.475 e. The molecule has 0 saturated carbocycles. The van der Waals surface area contributed by atoms with Crippen LogP contribution < -0.4 is 0 Å². The van der Waals surface area contributed by atoms with E-state index in [1.54, 1.807) is 24.1 Å². The van der Waals surface area contributed by atoms with Gasteiger partial charge in [0.25, 0.3) is 5.91 Å². The van der Waals surface area contributed by atoms with Gasteiger partial charge in [-0.3, -0.25) is 9.78 Å². The lowest BCUT2D eigenvalue weighted by molar-refractivity contribution is -0.192. The van der Waals surface area contributed by atoms with Crippen LogP contribution in [0.1, 0.15) is 29.3 Å². The van der Waals surface area contributed by atoms with E-state index in [0.29, 0.717) is 50.9 Å². The highest BCUT2D eigenvalue weighted by Gasteiger charge is 2.38. The van der Waals surface area contributed by atoms with Crippen LogP contribution in [-0.4, -0.2) is 88.2 Å². The predicted molar refractivity (Wildman–Crippen MR) is 109 cm³/mol. The number of aromatic nitrogens is 3. The molecular formula is C19H22F3N5O6S. The van der Waals surface area contributed by atoms with Gasteiger partial charge in [-0.2, -0.15) is 17.5 Å². The molecule has 0 radical (unpaired) electrons. The second kappa shape index (κ2) is 10.1. The number of rotatable bonds is 3. The second-order valence-corrected chi connectivity index (χ2v) is 9.26. The minimum absolute atomic E-state index is 0.144. The van der Waals surface area contributed by atoms with Crippen LogP contribution in [-0.2, 0) is 26.1 Å². The normalized spacial score (nSPS) is 19.1. The maximum atomic E-state index is 13.0. The SMILES string of the molecule is CC1c2nc(C(=O)N3CCOCC3)cn2CCN1S(=O)(=O)c1cccnc1.O=C(O)C(F)(F)F. The summed E-state index contributed by atoms with van der Waals surface area (Å²) in [7, 11) is -3.68. The maximum absolute atomic E-state index is 13.0. The maximum Gasteiger partial charge on any atom is 0.490 e. The van der Waals surface area contributed by atoms with Gasteiger partial charge < -0.3 is 19.3 Å². The molecule has 2 aromatic rings. The first-order valence-electron chi connectivity index (χ1n) is 10.1. The van der Waals surface area contributed by atoms with Gasteiger partial charge in [-0.15, -0.1) is 0 Å². The topological polar surface area (TPSA) is 135 Å². The quantitative estimate of drug-likeness (QED) is 0.657. The number of amides is 1. The van der Waals surface area contributed by atoms with Gasteiger partial charge in [0.1, 0.15) is 16.4 Å². The van der Waals surface area contributed by atoms with Crippen molar-refractivity contribution in [3.63, 3.8) is 0 Å². The number of carboxylic acids is 1. The van der Waals surface area contributed by atoms with E-state index in [1.807, 2.05) is 4.57 Å². The number of nitrogens with zero attached hydrogens (tertiary/aromatic N) is 5. The van der Waals surface area contributed by atoms with Gasteiger partial charge in [-0.05, 0) is 19.1 Å². The van der Waals surface area contributed by atoms with E-state index in [4.69, 9.17) is 14.6 Å². The highest BCUT2D eigenvalue weighted by atomic mass is 32.2. The van der Waals surface area contributed by atoms with Crippen molar-refractivity contribution in [2.45, 2.75) is 30.6 Å². The van der Waals surface area contributed by atoms with E-state index >= 15 is 0 Å². The zero-order valence-electron chi connectivity index (χ0n) is 18.0. The summed E-state index contributed by atoms with van der Waals surface area (Å²) in [5.41, 5.74) is 0.347. The van der Waals surface area contributed by atoms with Crippen molar-refractivity contribution >= 4 is 21.9 Å². The van der Waals surface area contributed by atoms with Gasteiger partial charge in [0.05, 0.1) is 19.3 Å². The monoisotopic (exact) mass is 505 g/mol. The molecule has 0 spiro atoms. The number of carbonyl (C=O) groups is 2. The number of carbonyl (C=O) groups excluding carboxylic acids is 1. The lowest BCUT2D eigenvalue weighted by Crippen LogP contribution is -2.41. The average Bonchev–Trinajstić information content (AvgIpc) is 3.25. The molecule has 15 heteroatoms. The number of halogens is 3. The number of hydrogen-bond acceptors (Lipinski definition) is 7. The Kier molecular flexibility index (Phi) is 7.57. The Hall–Kier alpha value is -3.04. The number of pyridine rings is 1. The molecule has 2 aliphatic heterocycles. The summed E-state index contributed by atoms with van der Waals surface area (Å²) < 4.78 is 66.2. The van der Waals surface area contributed by atoms with Crippen LogP contribution in [0, 0.1) is 0 Å². The Balaban J connectivity index is 0.000000406. The zero-order chi connectivity index (χ0) is 25.1. The predicted octanol–water partition coefficient (Wildman–Crippen LogP) is 1.15. The van der Waals surface area contributed by atoms with Gasteiger partial charge in [0, 0.05) is 44.8 Å². The Labute approximate surface area is 192 Å². The fraction of sp³-hybridized carbons (Fsp3) is 0.474. The molecule has 1 N–H and O–H groups in total. The number of sulfonamides is 1. The van der Waals surface area contributed by atoms with E-state index < -0.39 is 28.2 Å². The van der Waals surface area contributed by atoms with Crippen LogP contribution in [0.5, 0.6) is 0 Å². The van der Waals surface area contributed by atoms with Crippen LogP contribution in [0.2, 0.25) is 0 Å². The highest BCUT2D eigenvalue weighted by Crippen LogP contribution is 2.30. The second-order valence-electron chi connectivity index (χ2n) is 7.37. The van der Waals surface area contributed by atoms with Crippen molar-refractivity contribution in [3.05, 3.63) is 42.2 Å². The molecule has 34 heavy (non-hydrogen) atoms. The number of ether oxygens (including phenoxy) is 1. The molecule has 1 unspecified atom stereocenters. The molecule has 11 nitrogen and oxygen atoms in total. The molecule has 186 valence electrons. The van der Waals surface area contributed by atoms with Crippen LogP contribution in [0.15, 0.2) is 35.6 Å². The summed E-state index contributed by atoms with van der Waals surface area (Å²) in [6.45, 7) is 4.67. The molecule has 1 saturated heterocycles. The molecule has 0 aromatic carbocycles. The number of imidazole rings is 1. The number of fused-ring (bicyclic) bond motifs is 1. The highest BCUT2D eigenvalue weighted by molar-refractivity contribution is 7.89. The van der Waals surface area contributed by atoms with E-state index in [2.05, 4.69) is 9.97 Å². The molecule has 1 atom stereocenters. The minimum atomic E-state index is -5.08. The van der Waals surface area contributed by atoms with E-state index in [9.17, 15) is 26.4 Å². The third-order valence-electron chi connectivity index (χ3n) is 5.18. The largest absolute Gasteiger partial charge is 0.490 e. The summed E-state index contributed by atoms with van der Waals surface area (Å²) in [6.07, 6.45) is -0.483. The lowest BCUT2D eigenvalue weighted by atomic mass is 10.2. The van der Waals surface area contributed by atoms with Gasteiger partial charge in [-0.1, -0.05) is 0 Å². The van der Waals surface area contributed by atoms with Gasteiger partial charge in [0.15, 0.2) is 0 Å². The van der Waals surface area contributed by atoms with Crippen molar-refractivity contribution in [3.8, 4) is 0 Å². The Bertz CT molecular complexity index is 1130. The average molecular weight is 505 g/mol. The standard InChI is InChI=1S/C17H21N5O4S.C2HF3O2/c1-13-16-19-15(17(23)20-7-9-26-10-8-20)12-21(16)5-6-22(13)27(24,25)14-3-2-4-18-11-14;3-2(4,5)1(6)7/h2-4,11-13H,5-10H2,1H3;(H,6,7). The zero-order valence-corrected chi connectivity index (χ0v) is 18.8. The molecule has 1 amide bonds. The van der Waals surface area contributed by atoms with Crippen LogP contribution >= 0.6 is 0 Å². The number of hydrogen-bond donors (Lipinski definition) is 1. The number of alkyl halides is 3. The third kappa shape index (κ3) is 5.53. The molecule has 0 bridgehead atoms. The van der Waals surface area contributed by atoms with E-state index in [0.717, 1.165) is 0 Å². The van der Waals surface area contributed by atoms with E-state index in [1.165, 1.54) is 22.8 Å². The molecule has 1 fully saturated rings. The first kappa shape index (κ1) is 25.6. The summed E-state index contributed by atoms with van der Waals surface area (Å²) in [6, 6.07) is 2.65. The van der Waals surface area contributed by atoms with Gasteiger partial charge in [0.2, 0.25) is 10.0 Å². The third-order valence-corrected chi connectivity index (χ3v) is 7.13.